The topological polar surface area (TPSA) is 0 Å². The predicted octanol–water partition coefficient (Wildman–Crippen LogP) is 11.5. The summed E-state index contributed by atoms with van der Waals surface area (Å²) < 4.78 is 0.958. The third-order valence-electron chi connectivity index (χ3n) is 9.24. The van der Waals surface area contributed by atoms with Crippen molar-refractivity contribution in [3.05, 3.63) is 155 Å². The Morgan fingerprint density at radius 3 is 1.36 bits per heavy atom. The quantitative estimate of drug-likeness (QED) is 0.203. The van der Waals surface area contributed by atoms with Crippen molar-refractivity contribution in [3.63, 3.8) is 0 Å². The van der Waals surface area contributed by atoms with E-state index in [0.717, 1.165) is 14.3 Å². The molecule has 4 aromatic carbocycles. The molecule has 3 heteroatoms. The molecule has 2 aliphatic rings. The standard InChI is InChI=1S/C21H25.C13H10.C5H5.2ClH.Zr/c1-20(2,3)16-9-7-14-11-15-8-10-17(21(4,5)6)13-19(15)18(14)12-16;1-3-7-12(8-4-1)11-13-9-5-2-6-10-13;1-2-4-5-3-1;;;/h7-13H,1-6H3;1-10H;1-5H;2*1H;/q;;;;;+2/p-2. The van der Waals surface area contributed by atoms with Crippen molar-refractivity contribution >= 4 is 20.2 Å². The summed E-state index contributed by atoms with van der Waals surface area (Å²) in [4.78, 5) is 0. The van der Waals surface area contributed by atoms with E-state index in [4.69, 9.17) is 17.0 Å². The monoisotopic (exact) mass is 668 g/mol. The van der Waals surface area contributed by atoms with Gasteiger partial charge in [-0.15, -0.1) is 0 Å². The molecule has 0 aromatic heterocycles. The van der Waals surface area contributed by atoms with Crippen molar-refractivity contribution < 1.29 is 15.9 Å². The summed E-state index contributed by atoms with van der Waals surface area (Å²) in [6, 6.07) is 35.4. The van der Waals surface area contributed by atoms with Crippen LogP contribution in [0.4, 0.5) is 0 Å². The van der Waals surface area contributed by atoms with Crippen molar-refractivity contribution in [3.8, 4) is 11.1 Å². The Bertz CT molecular complexity index is 1670. The van der Waals surface area contributed by atoms with Crippen LogP contribution in [0, 0.1) is 0 Å². The Balaban J connectivity index is 1.80. The minimum absolute atomic E-state index is 0.0250. The van der Waals surface area contributed by atoms with Gasteiger partial charge in [0.1, 0.15) is 0 Å². The summed E-state index contributed by atoms with van der Waals surface area (Å²) in [7, 11) is 17.2. The van der Waals surface area contributed by atoms with Gasteiger partial charge >= 0.3 is 262 Å². The Morgan fingerprint density at radius 1 is 0.571 bits per heavy atom. The van der Waals surface area contributed by atoms with Gasteiger partial charge in [0.25, 0.3) is 0 Å². The van der Waals surface area contributed by atoms with Gasteiger partial charge in [0.15, 0.2) is 0 Å². The van der Waals surface area contributed by atoms with Crippen LogP contribution in [-0.4, -0.2) is 3.21 Å². The molecule has 0 atom stereocenters. The molecular formula is C39H40Cl2Zr. The summed E-state index contributed by atoms with van der Waals surface area (Å²) in [6.45, 7) is 13.7. The van der Waals surface area contributed by atoms with Crippen LogP contribution in [-0.2, 0) is 26.7 Å². The molecule has 214 valence electrons. The van der Waals surface area contributed by atoms with Crippen LogP contribution in [0.2, 0.25) is 3.63 Å². The number of halogens is 2. The molecule has 0 saturated heterocycles. The van der Waals surface area contributed by atoms with Gasteiger partial charge in [-0.05, 0) is 0 Å². The maximum atomic E-state index is 8.59. The van der Waals surface area contributed by atoms with Crippen molar-refractivity contribution in [1.82, 2.24) is 0 Å². The Kier molecular flexibility index (Phi) is 7.37. The van der Waals surface area contributed by atoms with Gasteiger partial charge in [-0.2, -0.15) is 0 Å². The fourth-order valence-electron chi connectivity index (χ4n) is 6.97. The average molecular weight is 671 g/mol. The molecular weight excluding hydrogens is 631 g/mol. The number of fused-ring (bicyclic) bond motifs is 3. The van der Waals surface area contributed by atoms with Crippen molar-refractivity contribution in [2.75, 3.05) is 0 Å². The number of hydrogen-bond acceptors (Lipinski definition) is 0. The van der Waals surface area contributed by atoms with E-state index in [2.05, 4.69) is 163 Å². The normalized spacial score (nSPS) is 15.6. The minimum atomic E-state index is -5.27. The van der Waals surface area contributed by atoms with E-state index in [9.17, 15) is 0 Å². The fourth-order valence-corrected chi connectivity index (χ4v) is 26.4. The molecule has 42 heavy (non-hydrogen) atoms. The third kappa shape index (κ3) is 4.81. The zero-order valence-corrected chi connectivity index (χ0v) is 29.4. The first-order valence-corrected chi connectivity index (χ1v) is 25.4. The summed E-state index contributed by atoms with van der Waals surface area (Å²) >= 11 is -5.27. The second-order valence-corrected chi connectivity index (χ2v) is 34.8. The van der Waals surface area contributed by atoms with E-state index in [0.29, 0.717) is 0 Å². The van der Waals surface area contributed by atoms with Crippen molar-refractivity contribution in [2.24, 2.45) is 0 Å². The molecule has 0 N–H and O–H groups in total. The Morgan fingerprint density at radius 2 is 0.976 bits per heavy atom. The van der Waals surface area contributed by atoms with Crippen LogP contribution in [0.15, 0.2) is 121 Å². The molecule has 0 saturated carbocycles. The number of rotatable bonds is 4. The average Bonchev–Trinajstić information content (AvgIpc) is 3.61. The van der Waals surface area contributed by atoms with Gasteiger partial charge in [0.2, 0.25) is 0 Å². The first kappa shape index (κ1) is 29.8. The summed E-state index contributed by atoms with van der Waals surface area (Å²) in [5, 5.41) is 0. The number of hydrogen-bond donors (Lipinski definition) is 0. The molecule has 0 spiro atoms. The molecule has 0 fully saturated rings. The van der Waals surface area contributed by atoms with E-state index in [1.54, 1.807) is 0 Å². The van der Waals surface area contributed by atoms with E-state index < -0.39 is 15.9 Å². The predicted molar refractivity (Wildman–Crippen MR) is 181 cm³/mol. The molecule has 6 rings (SSSR count). The van der Waals surface area contributed by atoms with Gasteiger partial charge in [0.05, 0.1) is 0 Å². The molecule has 0 bridgehead atoms. The van der Waals surface area contributed by atoms with E-state index >= 15 is 0 Å². The molecule has 0 radical (unpaired) electrons. The van der Waals surface area contributed by atoms with Gasteiger partial charge in [0, 0.05) is 0 Å². The molecule has 0 unspecified atom stereocenters. The van der Waals surface area contributed by atoms with Crippen molar-refractivity contribution in [2.45, 2.75) is 59.6 Å². The summed E-state index contributed by atoms with van der Waals surface area (Å²) in [6.07, 6.45) is 8.75. The fraction of sp³-hybridized carbons (Fsp3) is 0.256. The molecule has 0 amide bonds. The number of benzene rings is 4. The zero-order valence-electron chi connectivity index (χ0n) is 25.5. The molecule has 2 aliphatic carbocycles. The molecule has 0 heterocycles. The van der Waals surface area contributed by atoms with Gasteiger partial charge in [-0.1, -0.05) is 0 Å². The van der Waals surface area contributed by atoms with Crippen LogP contribution < -0.4 is 0 Å². The molecule has 4 aromatic rings. The van der Waals surface area contributed by atoms with Crippen LogP contribution in [0.5, 0.6) is 0 Å². The van der Waals surface area contributed by atoms with E-state index in [1.807, 2.05) is 0 Å². The third-order valence-corrected chi connectivity index (χ3v) is 28.9. The van der Waals surface area contributed by atoms with Crippen LogP contribution in [0.3, 0.4) is 0 Å². The second-order valence-electron chi connectivity index (χ2n) is 14.1. The first-order chi connectivity index (χ1) is 19.8. The van der Waals surface area contributed by atoms with Gasteiger partial charge in [-0.25, -0.2) is 0 Å². The van der Waals surface area contributed by atoms with Gasteiger partial charge < -0.3 is 0 Å². The number of allylic oxidation sites excluding steroid dienone is 4. The van der Waals surface area contributed by atoms with Gasteiger partial charge in [-0.3, -0.25) is 0 Å². The SMILES string of the molecule is CC(C)(C)c1ccc2c(c1)-c1cc(C(C)(C)C)ccc1[CH]2[Zr]([Cl])([Cl])(=[C](c1ccccc1)c1ccccc1)[CH]1C=CC=C1. The molecule has 0 nitrogen and oxygen atoms in total. The van der Waals surface area contributed by atoms with Crippen LogP contribution >= 0.6 is 17.0 Å². The van der Waals surface area contributed by atoms with Crippen LogP contribution in [0.1, 0.15) is 78.5 Å². The zero-order chi connectivity index (χ0) is 29.9. The Labute approximate surface area is 259 Å². The summed E-state index contributed by atoms with van der Waals surface area (Å²) in [5.74, 6) is 0. The van der Waals surface area contributed by atoms with Crippen LogP contribution in [0.25, 0.3) is 11.1 Å². The van der Waals surface area contributed by atoms with Crippen molar-refractivity contribution in [1.29, 1.82) is 0 Å². The summed E-state index contributed by atoms with van der Waals surface area (Å²) in [5.41, 5.74) is 10.0. The molecule has 0 aliphatic heterocycles. The Hall–Kier alpha value is -2.31. The van der Waals surface area contributed by atoms with E-state index in [1.165, 1.54) is 33.4 Å². The second kappa shape index (κ2) is 10.4. The van der Waals surface area contributed by atoms with E-state index in [-0.39, 0.29) is 18.1 Å². The first-order valence-electron chi connectivity index (χ1n) is 15.0. The maximum absolute atomic E-state index is 8.59.